The number of pyridine rings is 1. The average molecular weight is 406 g/mol. The number of β-amino-alcohol motifs (C(OH)–C–C–N with tert-alkyl or cyclic N) is 1. The number of rotatable bonds is 8. The second-order valence-electron chi connectivity index (χ2n) is 7.87. The molecule has 156 valence electrons. The maximum absolute atomic E-state index is 11.0. The van der Waals surface area contributed by atoms with Crippen LogP contribution in [-0.2, 0) is 13.2 Å². The minimum Gasteiger partial charge on any atom is -0.487 e. The summed E-state index contributed by atoms with van der Waals surface area (Å²) in [5.41, 5.74) is 1.31. The Morgan fingerprint density at radius 3 is 2.53 bits per heavy atom. The van der Waals surface area contributed by atoms with Crippen LogP contribution in [0.2, 0.25) is 0 Å². The van der Waals surface area contributed by atoms with E-state index in [2.05, 4.69) is 32.0 Å². The van der Waals surface area contributed by atoms with Gasteiger partial charge in [-0.3, -0.25) is 9.88 Å². The first-order chi connectivity index (χ1) is 14.6. The first-order valence-corrected chi connectivity index (χ1v) is 10.1. The van der Waals surface area contributed by atoms with Crippen LogP contribution in [0, 0.1) is 0 Å². The van der Waals surface area contributed by atoms with Crippen LogP contribution in [0.15, 0.2) is 67.1 Å². The molecule has 1 atom stereocenters. The smallest absolute Gasteiger partial charge is 0.225 e. The molecular formula is C23H27N5O2. The largest absolute Gasteiger partial charge is 0.487 e. The molecule has 4 rings (SSSR count). The number of benzene rings is 1. The minimum atomic E-state index is -0.764. The molecule has 1 saturated heterocycles. The molecule has 1 fully saturated rings. The zero-order valence-corrected chi connectivity index (χ0v) is 17.2. The molecule has 30 heavy (non-hydrogen) atoms. The summed E-state index contributed by atoms with van der Waals surface area (Å²) in [6.07, 6.45) is 5.93. The molecule has 0 spiro atoms. The molecule has 3 aromatic rings. The van der Waals surface area contributed by atoms with E-state index in [9.17, 15) is 5.11 Å². The topological polar surface area (TPSA) is 74.6 Å². The maximum atomic E-state index is 11.0. The highest BCUT2D eigenvalue weighted by Gasteiger charge is 2.37. The number of hydrogen-bond acceptors (Lipinski definition) is 7. The summed E-state index contributed by atoms with van der Waals surface area (Å²) >= 11 is 0. The predicted octanol–water partition coefficient (Wildman–Crippen LogP) is 2.52. The van der Waals surface area contributed by atoms with Crippen LogP contribution in [-0.4, -0.2) is 57.2 Å². The van der Waals surface area contributed by atoms with Crippen molar-refractivity contribution in [3.8, 4) is 5.75 Å². The van der Waals surface area contributed by atoms with Crippen molar-refractivity contribution < 1.29 is 9.84 Å². The Hall–Kier alpha value is -3.03. The van der Waals surface area contributed by atoms with Crippen molar-refractivity contribution >= 4 is 5.95 Å². The summed E-state index contributed by atoms with van der Waals surface area (Å²) in [4.78, 5) is 17.0. The zero-order chi connectivity index (χ0) is 20.8. The van der Waals surface area contributed by atoms with E-state index in [0.717, 1.165) is 24.5 Å². The van der Waals surface area contributed by atoms with Gasteiger partial charge in [0.15, 0.2) is 0 Å². The van der Waals surface area contributed by atoms with Gasteiger partial charge in [0.05, 0.1) is 17.8 Å². The van der Waals surface area contributed by atoms with Gasteiger partial charge in [0.1, 0.15) is 12.4 Å². The third-order valence-electron chi connectivity index (χ3n) is 5.22. The highest BCUT2D eigenvalue weighted by atomic mass is 16.5. The van der Waals surface area contributed by atoms with Crippen LogP contribution in [0.1, 0.15) is 17.7 Å². The monoisotopic (exact) mass is 405 g/mol. The Kier molecular flexibility index (Phi) is 6.21. The first kappa shape index (κ1) is 20.3. The van der Waals surface area contributed by atoms with Gasteiger partial charge in [0.2, 0.25) is 5.95 Å². The molecule has 2 aromatic heterocycles. The summed E-state index contributed by atoms with van der Waals surface area (Å²) in [5.74, 6) is 1.50. The van der Waals surface area contributed by atoms with Crippen LogP contribution in [0.3, 0.4) is 0 Å². The molecule has 0 radical (unpaired) electrons. The molecule has 1 aromatic carbocycles. The van der Waals surface area contributed by atoms with Gasteiger partial charge >= 0.3 is 0 Å². The van der Waals surface area contributed by atoms with E-state index >= 15 is 0 Å². The highest BCUT2D eigenvalue weighted by Crippen LogP contribution is 2.25. The molecule has 3 heterocycles. The van der Waals surface area contributed by atoms with Crippen molar-refractivity contribution in [3.63, 3.8) is 0 Å². The lowest BCUT2D eigenvalue weighted by atomic mass is 10.0. The summed E-state index contributed by atoms with van der Waals surface area (Å²) in [5, 5.41) is 11.0. The van der Waals surface area contributed by atoms with Gasteiger partial charge in [-0.15, -0.1) is 0 Å². The summed E-state index contributed by atoms with van der Waals surface area (Å²) < 4.78 is 5.80. The standard InChI is InChI=1S/C23H27N5O2/c1-27(17-23(29)10-14-28(18-23)22-25-12-4-13-26-22)15-19-6-8-21(9-7-19)30-16-20-5-2-3-11-24-20/h2-9,11-13,29H,10,14-18H2,1H3. The molecule has 0 aliphatic carbocycles. The number of nitrogens with zero attached hydrogens (tertiary/aromatic N) is 5. The van der Waals surface area contributed by atoms with Crippen molar-refractivity contribution in [2.24, 2.45) is 0 Å². The van der Waals surface area contributed by atoms with Crippen molar-refractivity contribution in [1.82, 2.24) is 19.9 Å². The summed E-state index contributed by atoms with van der Waals surface area (Å²) in [7, 11) is 2.03. The van der Waals surface area contributed by atoms with Crippen LogP contribution in [0.25, 0.3) is 0 Å². The number of likely N-dealkylation sites (N-methyl/N-ethyl adjacent to an activating group) is 1. The Morgan fingerprint density at radius 1 is 1.03 bits per heavy atom. The van der Waals surface area contributed by atoms with Crippen LogP contribution < -0.4 is 9.64 Å². The van der Waals surface area contributed by atoms with Gasteiger partial charge in [-0.05, 0) is 49.4 Å². The average Bonchev–Trinajstić information content (AvgIpc) is 3.16. The van der Waals surface area contributed by atoms with Crippen molar-refractivity contribution in [2.75, 3.05) is 31.6 Å². The fraction of sp³-hybridized carbons (Fsp3) is 0.348. The van der Waals surface area contributed by atoms with E-state index in [0.29, 0.717) is 32.1 Å². The Morgan fingerprint density at radius 2 is 1.80 bits per heavy atom. The number of aliphatic hydroxyl groups is 1. The molecule has 7 nitrogen and oxygen atoms in total. The SMILES string of the molecule is CN(Cc1ccc(OCc2ccccn2)cc1)CC1(O)CCN(c2ncccn2)C1. The summed E-state index contributed by atoms with van der Waals surface area (Å²) in [6.45, 7) is 3.10. The van der Waals surface area contributed by atoms with E-state index in [1.54, 1.807) is 24.7 Å². The Bertz CT molecular complexity index is 923. The minimum absolute atomic E-state index is 0.453. The van der Waals surface area contributed by atoms with Crippen molar-refractivity contribution in [2.45, 2.75) is 25.2 Å². The van der Waals surface area contributed by atoms with Crippen LogP contribution in [0.4, 0.5) is 5.95 Å². The fourth-order valence-electron chi connectivity index (χ4n) is 3.81. The molecule has 1 N–H and O–H groups in total. The summed E-state index contributed by atoms with van der Waals surface area (Å²) in [6, 6.07) is 15.7. The van der Waals surface area contributed by atoms with E-state index in [1.807, 2.05) is 42.3 Å². The number of ether oxygens (including phenoxy) is 1. The van der Waals surface area contributed by atoms with E-state index < -0.39 is 5.60 Å². The first-order valence-electron chi connectivity index (χ1n) is 10.1. The molecule has 0 amide bonds. The molecule has 7 heteroatoms. The van der Waals surface area contributed by atoms with Gasteiger partial charge in [0, 0.05) is 38.2 Å². The lowest BCUT2D eigenvalue weighted by molar-refractivity contribution is 0.0279. The number of aromatic nitrogens is 3. The fourth-order valence-corrected chi connectivity index (χ4v) is 3.81. The van der Waals surface area contributed by atoms with Crippen molar-refractivity contribution in [1.29, 1.82) is 0 Å². The molecule has 1 aliphatic rings. The van der Waals surface area contributed by atoms with Gasteiger partial charge in [-0.1, -0.05) is 18.2 Å². The highest BCUT2D eigenvalue weighted by molar-refractivity contribution is 5.32. The lowest BCUT2D eigenvalue weighted by Crippen LogP contribution is -2.43. The third kappa shape index (κ3) is 5.31. The van der Waals surface area contributed by atoms with Gasteiger partial charge in [-0.25, -0.2) is 9.97 Å². The maximum Gasteiger partial charge on any atom is 0.225 e. The Balaban J connectivity index is 1.27. The van der Waals surface area contributed by atoms with Gasteiger partial charge in [-0.2, -0.15) is 0 Å². The van der Waals surface area contributed by atoms with E-state index in [4.69, 9.17) is 4.74 Å². The van der Waals surface area contributed by atoms with E-state index in [-0.39, 0.29) is 0 Å². The lowest BCUT2D eigenvalue weighted by Gasteiger charge is -2.29. The van der Waals surface area contributed by atoms with Crippen molar-refractivity contribution in [3.05, 3.63) is 78.4 Å². The van der Waals surface area contributed by atoms with Gasteiger partial charge in [0.25, 0.3) is 0 Å². The molecule has 0 bridgehead atoms. The number of anilines is 1. The quantitative estimate of drug-likeness (QED) is 0.617. The molecule has 1 aliphatic heterocycles. The van der Waals surface area contributed by atoms with Gasteiger partial charge < -0.3 is 14.7 Å². The second kappa shape index (κ2) is 9.19. The molecule has 0 saturated carbocycles. The normalized spacial score (nSPS) is 18.7. The third-order valence-corrected chi connectivity index (χ3v) is 5.22. The second-order valence-corrected chi connectivity index (χ2v) is 7.87. The molecular weight excluding hydrogens is 378 g/mol. The van der Waals surface area contributed by atoms with Crippen LogP contribution >= 0.6 is 0 Å². The van der Waals surface area contributed by atoms with E-state index in [1.165, 1.54) is 5.56 Å². The zero-order valence-electron chi connectivity index (χ0n) is 17.2. The number of hydrogen-bond donors (Lipinski definition) is 1. The van der Waals surface area contributed by atoms with Crippen LogP contribution in [0.5, 0.6) is 5.75 Å². The predicted molar refractivity (Wildman–Crippen MR) is 115 cm³/mol. The molecule has 1 unspecified atom stereocenters. The Labute approximate surface area is 177 Å².